The first kappa shape index (κ1) is 29.1. The molecule has 3 rings (SSSR count). The second kappa shape index (κ2) is 13.3. The number of nitrogens with one attached hydrogen (secondary N) is 1. The number of rotatable bonds is 12. The number of hydrogen-bond donors (Lipinski definition) is 1. The Bertz CT molecular complexity index is 1170. The van der Waals surface area contributed by atoms with E-state index in [4.69, 9.17) is 16.3 Å². The van der Waals surface area contributed by atoms with E-state index in [1.165, 1.54) is 36.6 Å². The fraction of sp³-hybridized carbons (Fsp3) is 0.483. The summed E-state index contributed by atoms with van der Waals surface area (Å²) in [5.41, 5.74) is 3.02. The van der Waals surface area contributed by atoms with Gasteiger partial charge >= 0.3 is 0 Å². The molecule has 1 aromatic heterocycles. The van der Waals surface area contributed by atoms with Crippen molar-refractivity contribution < 1.29 is 9.53 Å². The van der Waals surface area contributed by atoms with Crippen molar-refractivity contribution in [1.82, 2.24) is 14.8 Å². The molecule has 0 unspecified atom stereocenters. The van der Waals surface area contributed by atoms with Gasteiger partial charge in [-0.2, -0.15) is 0 Å². The topological polar surface area (TPSA) is 69.0 Å². The minimum absolute atomic E-state index is 0.0858. The van der Waals surface area contributed by atoms with Gasteiger partial charge in [0.1, 0.15) is 5.75 Å². The van der Waals surface area contributed by atoms with Crippen LogP contribution in [0, 0.1) is 5.92 Å². The summed E-state index contributed by atoms with van der Waals surface area (Å²) in [6.07, 6.45) is 4.81. The highest BCUT2D eigenvalue weighted by atomic mass is 35.5. The standard InChI is InChI=1S/C29H39ClN4O2S/c1-7-8-9-10-20(2)18-34-27(21-11-13-22(14-12-21)29(3,4)5)32-33-28(34)37-19-26(35)31-23-15-16-25(36-6)24(30)17-23/h11-17,20H,7-10,18-19H2,1-6H3,(H,31,35)/t20-/m1/s1. The van der Waals surface area contributed by atoms with Crippen molar-refractivity contribution in [2.24, 2.45) is 5.92 Å². The van der Waals surface area contributed by atoms with Gasteiger partial charge < -0.3 is 14.6 Å². The molecule has 1 atom stereocenters. The van der Waals surface area contributed by atoms with Crippen molar-refractivity contribution in [2.75, 3.05) is 18.2 Å². The van der Waals surface area contributed by atoms with E-state index in [-0.39, 0.29) is 17.1 Å². The molecule has 0 radical (unpaired) electrons. The largest absolute Gasteiger partial charge is 0.495 e. The predicted molar refractivity (Wildman–Crippen MR) is 155 cm³/mol. The van der Waals surface area contributed by atoms with Gasteiger partial charge in [0.05, 0.1) is 17.9 Å². The van der Waals surface area contributed by atoms with E-state index in [0.717, 1.165) is 29.5 Å². The number of amides is 1. The number of unbranched alkanes of at least 4 members (excludes halogenated alkanes) is 2. The zero-order valence-corrected chi connectivity index (χ0v) is 24.4. The van der Waals surface area contributed by atoms with Gasteiger partial charge in [0, 0.05) is 17.8 Å². The van der Waals surface area contributed by atoms with E-state index in [0.29, 0.717) is 22.4 Å². The van der Waals surface area contributed by atoms with Crippen LogP contribution in [0.2, 0.25) is 5.02 Å². The number of carbonyl (C=O) groups is 1. The maximum Gasteiger partial charge on any atom is 0.234 e. The van der Waals surface area contributed by atoms with Crippen LogP contribution in [0.4, 0.5) is 5.69 Å². The molecule has 0 saturated heterocycles. The lowest BCUT2D eigenvalue weighted by Crippen LogP contribution is -2.15. The summed E-state index contributed by atoms with van der Waals surface area (Å²) in [4.78, 5) is 12.7. The summed E-state index contributed by atoms with van der Waals surface area (Å²) in [5, 5.41) is 13.1. The number of aromatic nitrogens is 3. The Labute approximate surface area is 230 Å². The van der Waals surface area contributed by atoms with Crippen LogP contribution in [-0.2, 0) is 16.8 Å². The number of benzene rings is 2. The molecule has 37 heavy (non-hydrogen) atoms. The molecule has 3 aromatic rings. The maximum atomic E-state index is 12.7. The SMILES string of the molecule is CCCCC[C@@H](C)Cn1c(SCC(=O)Nc2ccc(OC)c(Cl)c2)nnc1-c1ccc(C(C)(C)C)cc1. The number of halogens is 1. The number of nitrogens with zero attached hydrogens (tertiary/aromatic N) is 3. The van der Waals surface area contributed by atoms with Crippen LogP contribution in [0.15, 0.2) is 47.6 Å². The van der Waals surface area contributed by atoms with Gasteiger partial charge in [-0.1, -0.05) is 102 Å². The van der Waals surface area contributed by atoms with Crippen molar-refractivity contribution in [2.45, 2.75) is 77.4 Å². The van der Waals surface area contributed by atoms with Gasteiger partial charge in [-0.05, 0) is 41.5 Å². The Hall–Kier alpha value is -2.51. The molecule has 0 fully saturated rings. The zero-order valence-electron chi connectivity index (χ0n) is 22.8. The molecule has 1 amide bonds. The number of carbonyl (C=O) groups excluding carboxylic acids is 1. The van der Waals surface area contributed by atoms with Crippen LogP contribution >= 0.6 is 23.4 Å². The van der Waals surface area contributed by atoms with Gasteiger partial charge in [-0.25, -0.2) is 0 Å². The Balaban J connectivity index is 1.77. The first-order valence-corrected chi connectivity index (χ1v) is 14.3. The minimum Gasteiger partial charge on any atom is -0.495 e. The molecule has 0 bridgehead atoms. The van der Waals surface area contributed by atoms with Crippen LogP contribution in [0.3, 0.4) is 0 Å². The fourth-order valence-electron chi connectivity index (χ4n) is 4.11. The molecule has 1 N–H and O–H groups in total. The molecule has 0 spiro atoms. The van der Waals surface area contributed by atoms with Crippen molar-refractivity contribution >= 4 is 35.0 Å². The van der Waals surface area contributed by atoms with Crippen molar-refractivity contribution in [3.8, 4) is 17.1 Å². The molecular formula is C29H39ClN4O2S. The summed E-state index contributed by atoms with van der Waals surface area (Å²) in [6, 6.07) is 13.8. The predicted octanol–water partition coefficient (Wildman–Crippen LogP) is 7.85. The van der Waals surface area contributed by atoms with E-state index < -0.39 is 0 Å². The quantitative estimate of drug-likeness (QED) is 0.186. The highest BCUT2D eigenvalue weighted by molar-refractivity contribution is 7.99. The maximum absolute atomic E-state index is 12.7. The fourth-order valence-corrected chi connectivity index (χ4v) is 5.12. The molecule has 0 aliphatic carbocycles. The molecule has 0 aliphatic heterocycles. The van der Waals surface area contributed by atoms with E-state index in [9.17, 15) is 4.79 Å². The molecule has 8 heteroatoms. The van der Waals surface area contributed by atoms with Crippen LogP contribution in [0.5, 0.6) is 5.75 Å². The first-order valence-electron chi connectivity index (χ1n) is 12.9. The zero-order chi connectivity index (χ0) is 27.0. The molecule has 1 heterocycles. The Morgan fingerprint density at radius 2 is 1.86 bits per heavy atom. The Morgan fingerprint density at radius 3 is 2.49 bits per heavy atom. The number of hydrogen-bond acceptors (Lipinski definition) is 5. The van der Waals surface area contributed by atoms with Crippen LogP contribution in [-0.4, -0.2) is 33.5 Å². The van der Waals surface area contributed by atoms with Gasteiger partial charge in [0.2, 0.25) is 5.91 Å². The number of ether oxygens (including phenoxy) is 1. The van der Waals surface area contributed by atoms with Crippen LogP contribution < -0.4 is 10.1 Å². The van der Waals surface area contributed by atoms with E-state index in [1.54, 1.807) is 25.3 Å². The Morgan fingerprint density at radius 1 is 1.14 bits per heavy atom. The number of methoxy groups -OCH3 is 1. The molecular weight excluding hydrogens is 504 g/mol. The molecule has 0 saturated carbocycles. The summed E-state index contributed by atoms with van der Waals surface area (Å²) >= 11 is 7.59. The van der Waals surface area contributed by atoms with Crippen LogP contribution in [0.1, 0.15) is 65.9 Å². The molecule has 200 valence electrons. The number of anilines is 1. The van der Waals surface area contributed by atoms with E-state index >= 15 is 0 Å². The smallest absolute Gasteiger partial charge is 0.234 e. The lowest BCUT2D eigenvalue weighted by atomic mass is 9.86. The normalized spacial score (nSPS) is 12.4. The average molecular weight is 543 g/mol. The molecule has 0 aliphatic rings. The Kier molecular flexibility index (Phi) is 10.5. The van der Waals surface area contributed by atoms with E-state index in [2.05, 4.69) is 79.0 Å². The third-order valence-electron chi connectivity index (χ3n) is 6.29. The van der Waals surface area contributed by atoms with Crippen molar-refractivity contribution in [3.63, 3.8) is 0 Å². The lowest BCUT2D eigenvalue weighted by molar-refractivity contribution is -0.113. The van der Waals surface area contributed by atoms with Crippen molar-refractivity contribution in [3.05, 3.63) is 53.1 Å². The molecule has 6 nitrogen and oxygen atoms in total. The van der Waals surface area contributed by atoms with Crippen LogP contribution in [0.25, 0.3) is 11.4 Å². The molecule has 2 aromatic carbocycles. The summed E-state index contributed by atoms with van der Waals surface area (Å²) in [6.45, 7) is 11.9. The third kappa shape index (κ3) is 8.24. The average Bonchev–Trinajstić information content (AvgIpc) is 3.24. The van der Waals surface area contributed by atoms with Gasteiger partial charge in [-0.3, -0.25) is 4.79 Å². The highest BCUT2D eigenvalue weighted by Gasteiger charge is 2.19. The van der Waals surface area contributed by atoms with Gasteiger partial charge in [-0.15, -0.1) is 10.2 Å². The minimum atomic E-state index is -0.132. The van der Waals surface area contributed by atoms with Gasteiger partial charge in [0.15, 0.2) is 11.0 Å². The van der Waals surface area contributed by atoms with E-state index in [1.807, 2.05) is 0 Å². The summed E-state index contributed by atoms with van der Waals surface area (Å²) in [5.74, 6) is 1.97. The first-order chi connectivity index (χ1) is 17.6. The highest BCUT2D eigenvalue weighted by Crippen LogP contribution is 2.30. The second-order valence-corrected chi connectivity index (χ2v) is 11.9. The second-order valence-electron chi connectivity index (χ2n) is 10.5. The van der Waals surface area contributed by atoms with Crippen molar-refractivity contribution in [1.29, 1.82) is 0 Å². The lowest BCUT2D eigenvalue weighted by Gasteiger charge is -2.19. The summed E-state index contributed by atoms with van der Waals surface area (Å²) in [7, 11) is 1.56. The van der Waals surface area contributed by atoms with Gasteiger partial charge in [0.25, 0.3) is 0 Å². The third-order valence-corrected chi connectivity index (χ3v) is 7.55. The number of thioether (sulfide) groups is 1. The summed E-state index contributed by atoms with van der Waals surface area (Å²) < 4.78 is 7.35. The monoisotopic (exact) mass is 542 g/mol.